The summed E-state index contributed by atoms with van der Waals surface area (Å²) in [6.45, 7) is 4.23. The van der Waals surface area contributed by atoms with E-state index in [4.69, 9.17) is 26.8 Å². The molecule has 6 rings (SSSR count). The predicted octanol–water partition coefficient (Wildman–Crippen LogP) is 5.61. The van der Waals surface area contributed by atoms with Gasteiger partial charge in [0.2, 0.25) is 11.8 Å². The molecule has 0 saturated carbocycles. The highest BCUT2D eigenvalue weighted by Crippen LogP contribution is 2.46. The van der Waals surface area contributed by atoms with Crippen molar-refractivity contribution < 1.29 is 14.3 Å². The SMILES string of the molecule is COc1ccc(Cn2cc(Cl)cc(N3C(=O)c4cc(-c5cnc(N)nc5OC)n(C(C)C)c4C3c3ccc(C#N)cc3)c2=O)cc1. The number of nitrogens with two attached hydrogens (primary N) is 1. The van der Waals surface area contributed by atoms with E-state index in [1.807, 2.05) is 42.7 Å². The fraction of sp³-hybridized carbons (Fsp3) is 0.206. The number of ether oxygens (including phenoxy) is 2. The third-order valence-corrected chi connectivity index (χ3v) is 8.17. The van der Waals surface area contributed by atoms with Gasteiger partial charge in [0.15, 0.2) is 0 Å². The number of pyridine rings is 1. The lowest BCUT2D eigenvalue weighted by Gasteiger charge is -2.29. The third-order valence-electron chi connectivity index (χ3n) is 7.96. The lowest BCUT2D eigenvalue weighted by molar-refractivity contribution is 0.0993. The van der Waals surface area contributed by atoms with E-state index < -0.39 is 6.04 Å². The number of anilines is 2. The summed E-state index contributed by atoms with van der Waals surface area (Å²) in [6.07, 6.45) is 3.13. The Bertz CT molecular complexity index is 2060. The first-order chi connectivity index (χ1) is 22.1. The van der Waals surface area contributed by atoms with Gasteiger partial charge in [0, 0.05) is 18.4 Å². The van der Waals surface area contributed by atoms with Crippen LogP contribution in [0.2, 0.25) is 5.02 Å². The Morgan fingerprint density at radius 3 is 2.37 bits per heavy atom. The van der Waals surface area contributed by atoms with Crippen LogP contribution in [0.4, 0.5) is 11.6 Å². The first kappa shape index (κ1) is 30.4. The van der Waals surface area contributed by atoms with E-state index >= 15 is 0 Å². The van der Waals surface area contributed by atoms with Crippen LogP contribution in [0, 0.1) is 11.3 Å². The highest BCUT2D eigenvalue weighted by atomic mass is 35.5. The number of nitrogens with zero attached hydrogens (tertiary/aromatic N) is 6. The van der Waals surface area contributed by atoms with Crippen LogP contribution in [0.15, 0.2) is 77.9 Å². The van der Waals surface area contributed by atoms with Crippen LogP contribution in [-0.4, -0.2) is 39.2 Å². The fourth-order valence-corrected chi connectivity index (χ4v) is 6.15. The summed E-state index contributed by atoms with van der Waals surface area (Å²) in [7, 11) is 3.08. The molecule has 0 aliphatic carbocycles. The van der Waals surface area contributed by atoms with Crippen LogP contribution in [-0.2, 0) is 6.54 Å². The summed E-state index contributed by atoms with van der Waals surface area (Å²) in [5, 5.41) is 9.76. The molecule has 2 aromatic carbocycles. The van der Waals surface area contributed by atoms with Gasteiger partial charge in [-0.25, -0.2) is 4.98 Å². The normalized spacial score (nSPS) is 14.0. The lowest BCUT2D eigenvalue weighted by atomic mass is 10.0. The number of hydrogen-bond acceptors (Lipinski definition) is 8. The van der Waals surface area contributed by atoms with E-state index in [2.05, 4.69) is 16.0 Å². The monoisotopic (exact) mass is 635 g/mol. The van der Waals surface area contributed by atoms with Gasteiger partial charge in [0.1, 0.15) is 17.5 Å². The average Bonchev–Trinajstić information content (AvgIpc) is 3.57. The molecule has 0 spiro atoms. The summed E-state index contributed by atoms with van der Waals surface area (Å²) in [4.78, 5) is 38.6. The van der Waals surface area contributed by atoms with Crippen molar-refractivity contribution in [1.82, 2.24) is 19.1 Å². The number of amides is 1. The summed E-state index contributed by atoms with van der Waals surface area (Å²) in [5.74, 6) is 0.638. The van der Waals surface area contributed by atoms with Gasteiger partial charge in [-0.2, -0.15) is 10.2 Å². The minimum atomic E-state index is -0.729. The maximum atomic E-state index is 14.5. The molecule has 0 bridgehead atoms. The molecule has 1 amide bonds. The largest absolute Gasteiger partial charge is 0.497 e. The Hall–Kier alpha value is -5.60. The van der Waals surface area contributed by atoms with Gasteiger partial charge in [-0.1, -0.05) is 35.9 Å². The molecule has 1 unspecified atom stereocenters. The van der Waals surface area contributed by atoms with Gasteiger partial charge in [-0.3, -0.25) is 14.5 Å². The van der Waals surface area contributed by atoms with Crippen molar-refractivity contribution in [1.29, 1.82) is 5.26 Å². The van der Waals surface area contributed by atoms with Crippen molar-refractivity contribution in [2.24, 2.45) is 0 Å². The van der Waals surface area contributed by atoms with Gasteiger partial charge in [-0.05, 0) is 61.4 Å². The van der Waals surface area contributed by atoms with Crippen LogP contribution in [0.1, 0.15) is 58.7 Å². The molecular weight excluding hydrogens is 606 g/mol. The maximum absolute atomic E-state index is 14.5. The first-order valence-electron chi connectivity index (χ1n) is 14.4. The van der Waals surface area contributed by atoms with Crippen molar-refractivity contribution in [3.63, 3.8) is 0 Å². The standard InChI is InChI=1S/C34H30ClN7O4/c1-19(2)41-27(26-16-38-34(37)39-31(26)46-4)14-25-30(41)29(22-9-5-20(15-36)6-10-22)42(32(25)43)28-13-23(35)18-40(33(28)44)17-21-7-11-24(45-3)12-8-21/h5-14,16,18-19,29H,17H2,1-4H3,(H2,37,38,39). The predicted molar refractivity (Wildman–Crippen MR) is 174 cm³/mol. The number of nitrogen functional groups attached to an aromatic ring is 1. The first-order valence-corrected chi connectivity index (χ1v) is 14.8. The number of nitriles is 1. The number of benzene rings is 2. The molecule has 1 aliphatic heterocycles. The molecule has 2 N–H and O–H groups in total. The highest BCUT2D eigenvalue weighted by Gasteiger charge is 2.44. The third kappa shape index (κ3) is 5.22. The molecule has 1 aliphatic rings. The van der Waals surface area contributed by atoms with Crippen LogP contribution >= 0.6 is 11.6 Å². The Balaban J connectivity index is 1.55. The van der Waals surface area contributed by atoms with Crippen molar-refractivity contribution in [3.8, 4) is 29.0 Å². The van der Waals surface area contributed by atoms with Gasteiger partial charge >= 0.3 is 0 Å². The molecule has 1 atom stereocenters. The molecule has 11 nitrogen and oxygen atoms in total. The molecule has 4 heterocycles. The van der Waals surface area contributed by atoms with Crippen molar-refractivity contribution in [3.05, 3.63) is 116 Å². The zero-order valence-corrected chi connectivity index (χ0v) is 26.3. The van der Waals surface area contributed by atoms with Gasteiger partial charge in [0.25, 0.3) is 11.5 Å². The number of halogens is 1. The number of methoxy groups -OCH3 is 2. The molecular formula is C34H30ClN7O4. The van der Waals surface area contributed by atoms with E-state index in [0.29, 0.717) is 44.4 Å². The van der Waals surface area contributed by atoms with Gasteiger partial charge in [0.05, 0.1) is 59.9 Å². The zero-order valence-electron chi connectivity index (χ0n) is 25.6. The number of fused-ring (bicyclic) bond motifs is 1. The van der Waals surface area contributed by atoms with Crippen molar-refractivity contribution in [2.45, 2.75) is 32.5 Å². The minimum Gasteiger partial charge on any atom is -0.497 e. The average molecular weight is 636 g/mol. The van der Waals surface area contributed by atoms with Crippen LogP contribution in [0.5, 0.6) is 11.6 Å². The van der Waals surface area contributed by atoms with E-state index in [1.54, 1.807) is 49.8 Å². The summed E-state index contributed by atoms with van der Waals surface area (Å²) in [5.41, 5.74) is 9.89. The van der Waals surface area contributed by atoms with Crippen LogP contribution in [0.25, 0.3) is 11.3 Å². The Kier molecular flexibility index (Phi) is 7.98. The molecule has 0 radical (unpaired) electrons. The van der Waals surface area contributed by atoms with Crippen molar-refractivity contribution >= 4 is 29.1 Å². The quantitative estimate of drug-likeness (QED) is 0.232. The summed E-state index contributed by atoms with van der Waals surface area (Å²) >= 11 is 6.62. The number of hydrogen-bond donors (Lipinski definition) is 1. The highest BCUT2D eigenvalue weighted by molar-refractivity contribution is 6.30. The fourth-order valence-electron chi connectivity index (χ4n) is 5.93. The molecule has 5 aromatic rings. The van der Waals surface area contributed by atoms with E-state index in [-0.39, 0.29) is 41.6 Å². The number of carbonyl (C=O) groups is 1. The Morgan fingerprint density at radius 1 is 1.02 bits per heavy atom. The summed E-state index contributed by atoms with van der Waals surface area (Å²) in [6, 6.07) is 18.9. The van der Waals surface area contributed by atoms with Gasteiger partial charge in [-0.15, -0.1) is 0 Å². The molecule has 46 heavy (non-hydrogen) atoms. The molecule has 12 heteroatoms. The second kappa shape index (κ2) is 12.1. The van der Waals surface area contributed by atoms with Crippen LogP contribution in [0.3, 0.4) is 0 Å². The van der Waals surface area contributed by atoms with E-state index in [1.165, 1.54) is 22.6 Å². The smallest absolute Gasteiger partial charge is 0.274 e. The molecule has 0 fully saturated rings. The Labute approximate surface area is 270 Å². The second-order valence-corrected chi connectivity index (χ2v) is 11.5. The zero-order chi connectivity index (χ0) is 32.7. The number of carbonyl (C=O) groups excluding carboxylic acids is 1. The van der Waals surface area contributed by atoms with Crippen LogP contribution < -0.4 is 25.7 Å². The van der Waals surface area contributed by atoms with E-state index in [9.17, 15) is 14.9 Å². The Morgan fingerprint density at radius 2 is 1.74 bits per heavy atom. The lowest BCUT2D eigenvalue weighted by Crippen LogP contribution is -2.36. The second-order valence-electron chi connectivity index (χ2n) is 11.1. The summed E-state index contributed by atoms with van der Waals surface area (Å²) < 4.78 is 14.3. The maximum Gasteiger partial charge on any atom is 0.274 e. The molecule has 232 valence electrons. The number of rotatable bonds is 8. The topological polar surface area (TPSA) is 141 Å². The van der Waals surface area contributed by atoms with Gasteiger partial charge < -0.3 is 24.3 Å². The molecule has 0 saturated heterocycles. The molecule has 3 aromatic heterocycles. The number of aromatic nitrogens is 4. The van der Waals surface area contributed by atoms with E-state index in [0.717, 1.165) is 5.56 Å². The van der Waals surface area contributed by atoms with Crippen molar-refractivity contribution in [2.75, 3.05) is 24.9 Å². The minimum absolute atomic E-state index is 0.0559.